The average molecular weight is 364 g/mol. The van der Waals surface area contributed by atoms with Crippen molar-refractivity contribution in [3.63, 3.8) is 0 Å². The highest BCUT2D eigenvalue weighted by molar-refractivity contribution is 8.00. The molecule has 132 valence electrons. The van der Waals surface area contributed by atoms with Gasteiger partial charge in [-0.25, -0.2) is 0 Å². The summed E-state index contributed by atoms with van der Waals surface area (Å²) in [6, 6.07) is 16.3. The van der Waals surface area contributed by atoms with Crippen LogP contribution in [0.1, 0.15) is 25.0 Å². The van der Waals surface area contributed by atoms with Crippen LogP contribution in [0.2, 0.25) is 0 Å². The highest BCUT2D eigenvalue weighted by Gasteiger charge is 2.27. The fourth-order valence-corrected chi connectivity index (χ4v) is 3.95. The van der Waals surface area contributed by atoms with E-state index in [1.54, 1.807) is 11.8 Å². The number of fused-ring (bicyclic) bond motifs is 1. The van der Waals surface area contributed by atoms with Gasteiger partial charge in [0.15, 0.2) is 5.82 Å². The number of aromatic nitrogens is 3. The minimum atomic E-state index is 0.165. The van der Waals surface area contributed by atoms with Crippen molar-refractivity contribution < 1.29 is 4.74 Å². The van der Waals surface area contributed by atoms with Gasteiger partial charge in [-0.2, -0.15) is 9.78 Å². The number of hydrogen-bond donors (Lipinski definition) is 0. The predicted molar refractivity (Wildman–Crippen MR) is 105 cm³/mol. The Hall–Kier alpha value is -2.60. The van der Waals surface area contributed by atoms with Gasteiger partial charge in [-0.1, -0.05) is 47.7 Å². The van der Waals surface area contributed by atoms with Gasteiger partial charge in [-0.3, -0.25) is 0 Å². The zero-order chi connectivity index (χ0) is 18.1. The topological polar surface area (TPSA) is 52.3 Å². The number of rotatable bonds is 4. The first kappa shape index (κ1) is 16.8. The fraction of sp³-hybridized carbons (Fsp3) is 0.250. The summed E-state index contributed by atoms with van der Waals surface area (Å²) in [6.07, 6.45) is 0. The summed E-state index contributed by atoms with van der Waals surface area (Å²) in [6.45, 7) is 6.82. The van der Waals surface area contributed by atoms with Gasteiger partial charge in [0, 0.05) is 11.1 Å². The van der Waals surface area contributed by atoms with Gasteiger partial charge in [-0.15, -0.1) is 10.2 Å². The van der Waals surface area contributed by atoms with Gasteiger partial charge in [0.2, 0.25) is 5.16 Å². The van der Waals surface area contributed by atoms with Crippen molar-refractivity contribution in [2.24, 2.45) is 5.10 Å². The van der Waals surface area contributed by atoms with Crippen LogP contribution in [0.5, 0.6) is 5.75 Å². The van der Waals surface area contributed by atoms with Crippen LogP contribution in [-0.2, 0) is 0 Å². The Morgan fingerprint density at radius 3 is 2.77 bits per heavy atom. The Bertz CT molecular complexity index is 979. The first-order valence-electron chi connectivity index (χ1n) is 8.67. The molecule has 0 radical (unpaired) electrons. The van der Waals surface area contributed by atoms with Crippen LogP contribution in [0.3, 0.4) is 0 Å². The normalized spacial score (nSPS) is 16.1. The molecule has 4 rings (SSSR count). The molecule has 0 N–H and O–H groups in total. The van der Waals surface area contributed by atoms with Gasteiger partial charge in [-0.05, 0) is 39.0 Å². The van der Waals surface area contributed by atoms with E-state index in [1.165, 1.54) is 5.56 Å². The smallest absolute Gasteiger partial charge is 0.213 e. The van der Waals surface area contributed by atoms with Crippen LogP contribution < -0.4 is 4.74 Å². The van der Waals surface area contributed by atoms with Gasteiger partial charge in [0.1, 0.15) is 5.75 Å². The van der Waals surface area contributed by atoms with Crippen LogP contribution in [0.4, 0.5) is 0 Å². The number of thioether (sulfide) groups is 1. The maximum atomic E-state index is 5.81. The molecule has 6 heteroatoms. The predicted octanol–water partition coefficient (Wildman–Crippen LogP) is 4.40. The third kappa shape index (κ3) is 3.01. The summed E-state index contributed by atoms with van der Waals surface area (Å²) in [5.74, 6) is 1.62. The average Bonchev–Trinajstić information content (AvgIpc) is 3.04. The maximum absolute atomic E-state index is 5.81. The molecule has 26 heavy (non-hydrogen) atoms. The molecule has 0 unspecified atom stereocenters. The van der Waals surface area contributed by atoms with Gasteiger partial charge in [0.05, 0.1) is 17.6 Å². The third-order valence-electron chi connectivity index (χ3n) is 4.23. The van der Waals surface area contributed by atoms with E-state index in [0.29, 0.717) is 6.61 Å². The fourth-order valence-electron chi connectivity index (χ4n) is 3.03. The summed E-state index contributed by atoms with van der Waals surface area (Å²) >= 11 is 1.66. The number of para-hydroxylation sites is 1. The number of nitrogens with zero attached hydrogens (tertiary/aromatic N) is 4. The molecule has 1 aromatic heterocycles. The molecule has 2 heterocycles. The van der Waals surface area contributed by atoms with Crippen molar-refractivity contribution in [2.75, 3.05) is 6.61 Å². The first-order valence-corrected chi connectivity index (χ1v) is 9.55. The van der Waals surface area contributed by atoms with Crippen molar-refractivity contribution in [3.8, 4) is 17.1 Å². The van der Waals surface area contributed by atoms with E-state index in [4.69, 9.17) is 9.84 Å². The van der Waals surface area contributed by atoms with E-state index >= 15 is 0 Å². The molecule has 0 fully saturated rings. The van der Waals surface area contributed by atoms with Crippen molar-refractivity contribution in [3.05, 3.63) is 59.7 Å². The number of benzene rings is 2. The molecule has 0 bridgehead atoms. The Morgan fingerprint density at radius 2 is 1.96 bits per heavy atom. The molecule has 0 amide bonds. The second kappa shape index (κ2) is 6.96. The Balaban J connectivity index is 1.83. The van der Waals surface area contributed by atoms with Gasteiger partial charge < -0.3 is 4.74 Å². The minimum absolute atomic E-state index is 0.165. The molecule has 0 saturated carbocycles. The summed E-state index contributed by atoms with van der Waals surface area (Å²) in [5.41, 5.74) is 4.19. The minimum Gasteiger partial charge on any atom is -0.493 e. The molecule has 0 aliphatic carbocycles. The lowest BCUT2D eigenvalue weighted by Crippen LogP contribution is -2.22. The van der Waals surface area contributed by atoms with Crippen LogP contribution in [-0.4, -0.2) is 32.4 Å². The molecule has 0 saturated heterocycles. The monoisotopic (exact) mass is 364 g/mol. The van der Waals surface area contributed by atoms with Crippen LogP contribution in [0, 0.1) is 6.92 Å². The van der Waals surface area contributed by atoms with E-state index in [2.05, 4.69) is 42.2 Å². The van der Waals surface area contributed by atoms with Gasteiger partial charge in [0.25, 0.3) is 0 Å². The number of aryl methyl sites for hydroxylation is 1. The molecular formula is C20H20N4OS. The molecule has 3 aromatic rings. The molecule has 1 aliphatic heterocycles. The van der Waals surface area contributed by atoms with Crippen molar-refractivity contribution >= 4 is 17.5 Å². The van der Waals surface area contributed by atoms with E-state index < -0.39 is 0 Å². The van der Waals surface area contributed by atoms with Crippen molar-refractivity contribution in [1.82, 2.24) is 14.9 Å². The largest absolute Gasteiger partial charge is 0.493 e. The van der Waals surface area contributed by atoms with E-state index in [-0.39, 0.29) is 5.25 Å². The van der Waals surface area contributed by atoms with E-state index in [0.717, 1.165) is 33.6 Å². The third-order valence-corrected chi connectivity index (χ3v) is 5.27. The second-order valence-electron chi connectivity index (χ2n) is 6.16. The molecule has 0 spiro atoms. The van der Waals surface area contributed by atoms with Crippen molar-refractivity contribution in [1.29, 1.82) is 0 Å². The highest BCUT2D eigenvalue weighted by atomic mass is 32.2. The first-order chi connectivity index (χ1) is 12.7. The molecule has 2 aromatic carbocycles. The molecule has 1 aliphatic rings. The Morgan fingerprint density at radius 1 is 1.12 bits per heavy atom. The SMILES string of the molecule is CCOc1ccccc1C1=Nn2c(nnc2-c2cccc(C)c2)S[C@H]1C. The Labute approximate surface area is 157 Å². The zero-order valence-corrected chi connectivity index (χ0v) is 15.8. The summed E-state index contributed by atoms with van der Waals surface area (Å²) < 4.78 is 7.65. The summed E-state index contributed by atoms with van der Waals surface area (Å²) in [7, 11) is 0. The number of ether oxygens (including phenoxy) is 1. The zero-order valence-electron chi connectivity index (χ0n) is 15.0. The molecule has 5 nitrogen and oxygen atoms in total. The maximum Gasteiger partial charge on any atom is 0.213 e. The second-order valence-corrected chi connectivity index (χ2v) is 7.47. The van der Waals surface area contributed by atoms with Crippen LogP contribution in [0.15, 0.2) is 58.8 Å². The van der Waals surface area contributed by atoms with Crippen molar-refractivity contribution in [2.45, 2.75) is 31.2 Å². The highest BCUT2D eigenvalue weighted by Crippen LogP contribution is 2.34. The van der Waals surface area contributed by atoms with Crippen LogP contribution in [0.25, 0.3) is 11.4 Å². The summed E-state index contributed by atoms with van der Waals surface area (Å²) in [5, 5.41) is 14.6. The standard InChI is InChI=1S/C20H20N4OS/c1-4-25-17-11-6-5-10-16(17)18-14(3)26-20-22-21-19(24(20)23-18)15-9-7-8-13(2)12-15/h5-12,14H,4H2,1-3H3/t14-/m0/s1. The summed E-state index contributed by atoms with van der Waals surface area (Å²) in [4.78, 5) is 0. The van der Waals surface area contributed by atoms with E-state index in [1.807, 2.05) is 41.9 Å². The lowest BCUT2D eigenvalue weighted by Gasteiger charge is -2.21. The Kier molecular flexibility index (Phi) is 4.51. The lowest BCUT2D eigenvalue weighted by atomic mass is 10.1. The molecule has 1 atom stereocenters. The van der Waals surface area contributed by atoms with Gasteiger partial charge >= 0.3 is 0 Å². The lowest BCUT2D eigenvalue weighted by molar-refractivity contribution is 0.339. The number of hydrogen-bond acceptors (Lipinski definition) is 5. The quantitative estimate of drug-likeness (QED) is 0.688. The van der Waals surface area contributed by atoms with E-state index in [9.17, 15) is 0 Å². The van der Waals surface area contributed by atoms with Crippen LogP contribution >= 0.6 is 11.8 Å². The molecular weight excluding hydrogens is 344 g/mol.